The zero-order valence-electron chi connectivity index (χ0n) is 12.0. The molecule has 106 valence electrons. The van der Waals surface area contributed by atoms with E-state index in [1.54, 1.807) is 18.6 Å². The van der Waals surface area contributed by atoms with Crippen LogP contribution in [0.4, 0.5) is 5.82 Å². The number of nitrogens with zero attached hydrogens (tertiary/aromatic N) is 5. The van der Waals surface area contributed by atoms with Crippen LogP contribution in [0.2, 0.25) is 0 Å². The van der Waals surface area contributed by atoms with Crippen molar-refractivity contribution in [1.29, 1.82) is 0 Å². The van der Waals surface area contributed by atoms with Gasteiger partial charge in [-0.1, -0.05) is 0 Å². The summed E-state index contributed by atoms with van der Waals surface area (Å²) in [7, 11) is 2.10. The van der Waals surface area contributed by atoms with Crippen molar-refractivity contribution in [3.8, 4) is 11.5 Å². The number of anilines is 1. The summed E-state index contributed by atoms with van der Waals surface area (Å²) < 4.78 is 0. The Labute approximate surface area is 122 Å². The van der Waals surface area contributed by atoms with E-state index in [1.165, 1.54) is 12.8 Å². The quantitative estimate of drug-likeness (QED) is 0.797. The topological polar surface area (TPSA) is 70.6 Å². The summed E-state index contributed by atoms with van der Waals surface area (Å²) in [5.41, 5.74) is 1.87. The average Bonchev–Trinajstić information content (AvgIpc) is 3.05. The van der Waals surface area contributed by atoms with Crippen LogP contribution in [0, 0.1) is 0 Å². The Morgan fingerprint density at radius 3 is 2.76 bits per heavy atom. The molecule has 0 aliphatic heterocycles. The van der Waals surface area contributed by atoms with Crippen LogP contribution in [0.15, 0.2) is 30.7 Å². The van der Waals surface area contributed by atoms with Gasteiger partial charge in [0.15, 0.2) is 5.82 Å². The number of nitrogens with one attached hydrogen (secondary N) is 1. The highest BCUT2D eigenvalue weighted by molar-refractivity contribution is 5.90. The van der Waals surface area contributed by atoms with Gasteiger partial charge in [-0.2, -0.15) is 5.10 Å². The van der Waals surface area contributed by atoms with E-state index in [0.29, 0.717) is 5.82 Å². The summed E-state index contributed by atoms with van der Waals surface area (Å²) in [6.45, 7) is 2.26. The van der Waals surface area contributed by atoms with Gasteiger partial charge in [-0.3, -0.25) is 10.1 Å². The number of aromatic amines is 1. The summed E-state index contributed by atoms with van der Waals surface area (Å²) in [4.78, 5) is 15.8. The molecule has 1 fully saturated rings. The van der Waals surface area contributed by atoms with Crippen molar-refractivity contribution >= 4 is 16.7 Å². The van der Waals surface area contributed by atoms with E-state index in [0.717, 1.165) is 22.4 Å². The van der Waals surface area contributed by atoms with Gasteiger partial charge in [-0.05, 0) is 31.9 Å². The molecule has 4 rings (SSSR count). The molecule has 0 radical (unpaired) electrons. The summed E-state index contributed by atoms with van der Waals surface area (Å²) in [5, 5.41) is 7.94. The van der Waals surface area contributed by atoms with E-state index in [-0.39, 0.29) is 5.54 Å². The molecule has 3 aromatic rings. The van der Waals surface area contributed by atoms with Crippen molar-refractivity contribution in [3.05, 3.63) is 30.7 Å². The Morgan fingerprint density at radius 1 is 1.19 bits per heavy atom. The predicted octanol–water partition coefficient (Wildman–Crippen LogP) is 2.40. The largest absolute Gasteiger partial charge is 0.354 e. The van der Waals surface area contributed by atoms with Crippen molar-refractivity contribution in [1.82, 2.24) is 25.1 Å². The summed E-state index contributed by atoms with van der Waals surface area (Å²) in [6.07, 6.45) is 7.66. The number of fused-ring (bicyclic) bond motifs is 1. The molecule has 1 aliphatic rings. The standard InChI is InChI=1S/C15H16N6/c1-15(5-6-15)21(2)14-10-3-7-16-9-12(10)18-13(19-14)11-4-8-17-20-11/h3-4,7-9H,5-6H2,1-2H3,(H,17,20). The zero-order chi connectivity index (χ0) is 14.4. The fourth-order valence-electron chi connectivity index (χ4n) is 2.49. The molecule has 0 saturated heterocycles. The second kappa shape index (κ2) is 4.25. The van der Waals surface area contributed by atoms with Gasteiger partial charge in [0.2, 0.25) is 0 Å². The molecule has 0 atom stereocenters. The van der Waals surface area contributed by atoms with Gasteiger partial charge in [0.1, 0.15) is 11.5 Å². The van der Waals surface area contributed by atoms with Crippen LogP contribution in [-0.2, 0) is 0 Å². The number of H-pyrrole nitrogens is 1. The lowest BCUT2D eigenvalue weighted by Gasteiger charge is -2.27. The maximum absolute atomic E-state index is 4.77. The third-order valence-electron chi connectivity index (χ3n) is 4.32. The number of hydrogen-bond acceptors (Lipinski definition) is 5. The maximum Gasteiger partial charge on any atom is 0.180 e. The van der Waals surface area contributed by atoms with Crippen LogP contribution >= 0.6 is 0 Å². The third kappa shape index (κ3) is 1.94. The lowest BCUT2D eigenvalue weighted by atomic mass is 10.2. The smallest absolute Gasteiger partial charge is 0.180 e. The van der Waals surface area contributed by atoms with E-state index < -0.39 is 0 Å². The first-order valence-corrected chi connectivity index (χ1v) is 7.03. The third-order valence-corrected chi connectivity index (χ3v) is 4.32. The van der Waals surface area contributed by atoms with E-state index in [1.807, 2.05) is 12.1 Å². The fourth-order valence-corrected chi connectivity index (χ4v) is 2.49. The van der Waals surface area contributed by atoms with E-state index in [2.05, 4.69) is 39.0 Å². The van der Waals surface area contributed by atoms with Crippen molar-refractivity contribution in [3.63, 3.8) is 0 Å². The monoisotopic (exact) mass is 280 g/mol. The molecule has 1 N–H and O–H groups in total. The van der Waals surface area contributed by atoms with Gasteiger partial charge in [-0.15, -0.1) is 0 Å². The van der Waals surface area contributed by atoms with Crippen LogP contribution in [-0.4, -0.2) is 37.7 Å². The molecule has 3 heterocycles. The maximum atomic E-state index is 4.77. The molecule has 0 unspecified atom stereocenters. The molecule has 3 aromatic heterocycles. The van der Waals surface area contributed by atoms with Crippen molar-refractivity contribution in [2.24, 2.45) is 0 Å². The molecule has 0 aromatic carbocycles. The van der Waals surface area contributed by atoms with Gasteiger partial charge in [0.25, 0.3) is 0 Å². The summed E-state index contributed by atoms with van der Waals surface area (Å²) >= 11 is 0. The lowest BCUT2D eigenvalue weighted by Crippen LogP contribution is -2.31. The van der Waals surface area contributed by atoms with E-state index in [4.69, 9.17) is 4.98 Å². The van der Waals surface area contributed by atoms with Crippen molar-refractivity contribution < 1.29 is 0 Å². The molecule has 1 aliphatic carbocycles. The lowest BCUT2D eigenvalue weighted by molar-refractivity contribution is 0.685. The first kappa shape index (κ1) is 12.3. The Kier molecular flexibility index (Phi) is 2.48. The van der Waals surface area contributed by atoms with Crippen LogP contribution in [0.25, 0.3) is 22.4 Å². The molecule has 0 bridgehead atoms. The SMILES string of the molecule is CN(c1nc(-c2ccn[nH]2)nc2cnccc12)C1(C)CC1. The van der Waals surface area contributed by atoms with Gasteiger partial charge < -0.3 is 4.90 Å². The van der Waals surface area contributed by atoms with Crippen LogP contribution in [0.3, 0.4) is 0 Å². The number of hydrogen-bond donors (Lipinski definition) is 1. The number of pyridine rings is 1. The molecule has 1 saturated carbocycles. The van der Waals surface area contributed by atoms with Crippen LogP contribution in [0.1, 0.15) is 19.8 Å². The van der Waals surface area contributed by atoms with E-state index >= 15 is 0 Å². The van der Waals surface area contributed by atoms with Gasteiger partial charge in [0.05, 0.1) is 11.7 Å². The molecular weight excluding hydrogens is 264 g/mol. The van der Waals surface area contributed by atoms with E-state index in [9.17, 15) is 0 Å². The minimum Gasteiger partial charge on any atom is -0.354 e. The average molecular weight is 280 g/mol. The zero-order valence-corrected chi connectivity index (χ0v) is 12.0. The Hall–Kier alpha value is -2.50. The molecule has 6 heteroatoms. The fraction of sp³-hybridized carbons (Fsp3) is 0.333. The molecular formula is C15H16N6. The van der Waals surface area contributed by atoms with Crippen molar-refractivity contribution in [2.75, 3.05) is 11.9 Å². The normalized spacial score (nSPS) is 16.1. The highest BCUT2D eigenvalue weighted by Gasteiger charge is 2.42. The predicted molar refractivity (Wildman–Crippen MR) is 81.0 cm³/mol. The molecule has 0 spiro atoms. The summed E-state index contributed by atoms with van der Waals surface area (Å²) in [6, 6.07) is 3.85. The molecule has 6 nitrogen and oxygen atoms in total. The minimum atomic E-state index is 0.204. The highest BCUT2D eigenvalue weighted by atomic mass is 15.3. The minimum absolute atomic E-state index is 0.204. The Bertz CT molecular complexity index is 791. The van der Waals surface area contributed by atoms with Crippen LogP contribution in [0.5, 0.6) is 0 Å². The Balaban J connectivity index is 1.94. The second-order valence-corrected chi connectivity index (χ2v) is 5.79. The van der Waals surface area contributed by atoms with Gasteiger partial charge in [-0.25, -0.2) is 9.97 Å². The molecule has 21 heavy (non-hydrogen) atoms. The number of rotatable bonds is 3. The first-order chi connectivity index (χ1) is 10.2. The van der Waals surface area contributed by atoms with Crippen LogP contribution < -0.4 is 4.90 Å². The van der Waals surface area contributed by atoms with Crippen molar-refractivity contribution in [2.45, 2.75) is 25.3 Å². The first-order valence-electron chi connectivity index (χ1n) is 7.03. The van der Waals surface area contributed by atoms with Gasteiger partial charge >= 0.3 is 0 Å². The highest BCUT2D eigenvalue weighted by Crippen LogP contribution is 2.43. The number of aromatic nitrogens is 5. The second-order valence-electron chi connectivity index (χ2n) is 5.79. The van der Waals surface area contributed by atoms with Gasteiger partial charge in [0, 0.05) is 30.4 Å². The summed E-state index contributed by atoms with van der Waals surface area (Å²) in [5.74, 6) is 1.60. The Morgan fingerprint density at radius 2 is 2.05 bits per heavy atom. The molecule has 0 amide bonds.